The van der Waals surface area contributed by atoms with E-state index in [-0.39, 0.29) is 35.5 Å². The number of aliphatic hydroxyl groups is 2. The number of hydrogen-bond acceptors (Lipinski definition) is 11. The number of carbonyl (C=O) groups is 4. The molecule has 35 heavy (non-hydrogen) atoms. The lowest BCUT2D eigenvalue weighted by Crippen LogP contribution is -2.34. The molecule has 0 fully saturated rings. The Morgan fingerprint density at radius 1 is 0.571 bits per heavy atom. The lowest BCUT2D eigenvalue weighted by molar-refractivity contribution is -0.206. The molecule has 0 saturated heterocycles. The van der Waals surface area contributed by atoms with Crippen LogP contribution < -0.4 is 0 Å². The van der Waals surface area contributed by atoms with Crippen molar-refractivity contribution in [2.75, 3.05) is 26.4 Å². The highest BCUT2D eigenvalue weighted by molar-refractivity contribution is 5.89. The summed E-state index contributed by atoms with van der Waals surface area (Å²) in [4.78, 5) is 46.8. The van der Waals surface area contributed by atoms with Crippen molar-refractivity contribution in [3.05, 3.63) is 48.6 Å². The lowest BCUT2D eigenvalue weighted by atomic mass is 10.3. The van der Waals surface area contributed by atoms with Gasteiger partial charge in [0.15, 0.2) is 0 Å². The Morgan fingerprint density at radius 3 is 0.971 bits per heavy atom. The maximum absolute atomic E-state index is 11.7. The largest absolute Gasteiger partial charge is 0.419 e. The predicted octanol–water partition coefficient (Wildman–Crippen LogP) is 1.88. The van der Waals surface area contributed by atoms with E-state index >= 15 is 0 Å². The van der Waals surface area contributed by atoms with Gasteiger partial charge in [0.1, 0.15) is 13.2 Å². The number of hydrogen-bond donors (Lipinski definition) is 2. The summed E-state index contributed by atoms with van der Waals surface area (Å²) >= 11 is 0. The summed E-state index contributed by atoms with van der Waals surface area (Å²) in [6.07, 6.45) is -1.43. The molecule has 0 aromatic heterocycles. The van der Waals surface area contributed by atoms with Crippen LogP contribution in [0.15, 0.2) is 48.6 Å². The summed E-state index contributed by atoms with van der Waals surface area (Å²) in [5.74, 6) is -3.25. The van der Waals surface area contributed by atoms with Gasteiger partial charge in [0.05, 0.1) is 0 Å². The summed E-state index contributed by atoms with van der Waals surface area (Å²) in [6, 6.07) is 0. The van der Waals surface area contributed by atoms with Gasteiger partial charge in [-0.1, -0.05) is 26.3 Å². The van der Waals surface area contributed by atoms with E-state index in [0.29, 0.717) is 0 Å². The molecule has 0 aromatic rings. The van der Waals surface area contributed by atoms with Crippen molar-refractivity contribution in [2.24, 2.45) is 0 Å². The molecule has 0 atom stereocenters. The third-order valence-corrected chi connectivity index (χ3v) is 3.42. The molecule has 0 spiro atoms. The molecule has 0 heterocycles. The van der Waals surface area contributed by atoms with E-state index in [4.69, 9.17) is 33.9 Å². The van der Waals surface area contributed by atoms with Gasteiger partial charge in [0.2, 0.25) is 0 Å². The fourth-order valence-corrected chi connectivity index (χ4v) is 1.55. The van der Waals surface area contributed by atoms with Crippen LogP contribution in [0.4, 0.5) is 0 Å². The molecule has 0 radical (unpaired) electrons. The average Bonchev–Trinajstić information content (AvgIpc) is 2.77. The van der Waals surface area contributed by atoms with Crippen LogP contribution in [0.2, 0.25) is 0 Å². The SMILES string of the molecule is C=C(C)C(=O)OC(COCC(OC(=O)C(=C)C)OC(=O)C(=C)C)OC(=O)C(=C)C.OCCCCO. The maximum Gasteiger partial charge on any atom is 0.336 e. The van der Waals surface area contributed by atoms with Gasteiger partial charge in [-0.3, -0.25) is 0 Å². The minimum Gasteiger partial charge on any atom is -0.419 e. The van der Waals surface area contributed by atoms with Gasteiger partial charge < -0.3 is 33.9 Å². The molecule has 2 N–H and O–H groups in total. The summed E-state index contributed by atoms with van der Waals surface area (Å²) in [5.41, 5.74) is 0.296. The van der Waals surface area contributed by atoms with Gasteiger partial charge in [-0.2, -0.15) is 0 Å². The normalized spacial score (nSPS) is 9.94. The highest BCUT2D eigenvalue weighted by Crippen LogP contribution is 2.08. The maximum atomic E-state index is 11.7. The highest BCUT2D eigenvalue weighted by Gasteiger charge is 2.24. The van der Waals surface area contributed by atoms with Crippen molar-refractivity contribution in [1.82, 2.24) is 0 Å². The molecule has 198 valence electrons. The summed E-state index contributed by atoms with van der Waals surface area (Å²) in [7, 11) is 0. The predicted molar refractivity (Wildman–Crippen MR) is 125 cm³/mol. The quantitative estimate of drug-likeness (QED) is 0.146. The summed E-state index contributed by atoms with van der Waals surface area (Å²) < 4.78 is 25.1. The topological polar surface area (TPSA) is 155 Å². The molecule has 11 nitrogen and oxygen atoms in total. The van der Waals surface area contributed by atoms with Crippen LogP contribution in [-0.4, -0.2) is 73.1 Å². The van der Waals surface area contributed by atoms with Gasteiger partial charge in [-0.15, -0.1) is 0 Å². The third-order valence-electron chi connectivity index (χ3n) is 3.42. The van der Waals surface area contributed by atoms with Crippen LogP contribution in [-0.2, 0) is 42.9 Å². The molecule has 0 unspecified atom stereocenters. The van der Waals surface area contributed by atoms with Gasteiger partial charge in [-0.05, 0) is 40.5 Å². The van der Waals surface area contributed by atoms with E-state index < -0.39 is 49.7 Å². The zero-order valence-corrected chi connectivity index (χ0v) is 20.8. The zero-order valence-electron chi connectivity index (χ0n) is 20.8. The van der Waals surface area contributed by atoms with Crippen molar-refractivity contribution >= 4 is 23.9 Å². The molecule has 0 saturated carbocycles. The first-order valence-electron chi connectivity index (χ1n) is 10.5. The molecule has 0 aromatic carbocycles. The monoisotopic (exact) mass is 500 g/mol. The van der Waals surface area contributed by atoms with Crippen molar-refractivity contribution in [2.45, 2.75) is 53.1 Å². The average molecular weight is 501 g/mol. The standard InChI is InChI=1S/C20H26O9.C4H10O2/c1-11(2)17(21)26-15(27-18(22)12(3)4)9-25-10-16(28-19(23)13(5)6)29-20(24)14(7)8;5-3-1-2-4-6/h15-16H,1,3,5,7,9-10H2,2,4,6,8H3;5-6H,1-4H2. The van der Waals surface area contributed by atoms with Crippen molar-refractivity contribution in [3.63, 3.8) is 0 Å². The van der Waals surface area contributed by atoms with E-state index in [0.717, 1.165) is 12.8 Å². The lowest BCUT2D eigenvalue weighted by Gasteiger charge is -2.21. The van der Waals surface area contributed by atoms with Gasteiger partial charge >= 0.3 is 23.9 Å². The van der Waals surface area contributed by atoms with Crippen molar-refractivity contribution in [3.8, 4) is 0 Å². The molecule has 0 rings (SSSR count). The van der Waals surface area contributed by atoms with E-state index in [9.17, 15) is 19.2 Å². The third kappa shape index (κ3) is 17.8. The van der Waals surface area contributed by atoms with E-state index in [1.54, 1.807) is 0 Å². The van der Waals surface area contributed by atoms with Crippen molar-refractivity contribution in [1.29, 1.82) is 0 Å². The van der Waals surface area contributed by atoms with Crippen LogP contribution in [0.3, 0.4) is 0 Å². The molecular weight excluding hydrogens is 464 g/mol. The summed E-state index contributed by atoms with van der Waals surface area (Å²) in [5, 5.41) is 16.2. The van der Waals surface area contributed by atoms with Gasteiger partial charge in [-0.25, -0.2) is 19.2 Å². The molecular formula is C24H36O11. The fourth-order valence-electron chi connectivity index (χ4n) is 1.55. The Hall–Kier alpha value is -3.28. The molecule has 0 aliphatic rings. The molecule has 11 heteroatoms. The smallest absolute Gasteiger partial charge is 0.336 e. The van der Waals surface area contributed by atoms with Gasteiger partial charge in [0, 0.05) is 35.5 Å². The second-order valence-corrected chi connectivity index (χ2v) is 7.29. The first-order chi connectivity index (χ1) is 16.3. The minimum atomic E-state index is -1.43. The minimum absolute atomic E-state index is 0.0741. The second kappa shape index (κ2) is 19.1. The first-order valence-corrected chi connectivity index (χ1v) is 10.5. The molecule has 0 amide bonds. The first kappa shape index (κ1) is 33.9. The number of aliphatic hydroxyl groups excluding tert-OH is 2. The fraction of sp³-hybridized carbons (Fsp3) is 0.500. The van der Waals surface area contributed by atoms with Crippen LogP contribution >= 0.6 is 0 Å². The Morgan fingerprint density at radius 2 is 0.800 bits per heavy atom. The number of rotatable bonds is 15. The number of esters is 4. The summed E-state index contributed by atoms with van der Waals surface area (Å²) in [6.45, 7) is 18.8. The van der Waals surface area contributed by atoms with Crippen LogP contribution in [0.1, 0.15) is 40.5 Å². The Labute approximate surface area is 205 Å². The zero-order chi connectivity index (χ0) is 27.6. The van der Waals surface area contributed by atoms with Crippen LogP contribution in [0.25, 0.3) is 0 Å². The highest BCUT2D eigenvalue weighted by atomic mass is 16.7. The molecule has 0 aliphatic heterocycles. The van der Waals surface area contributed by atoms with Gasteiger partial charge in [0.25, 0.3) is 12.6 Å². The van der Waals surface area contributed by atoms with Crippen LogP contribution in [0.5, 0.6) is 0 Å². The Kier molecular flexibility index (Phi) is 18.5. The van der Waals surface area contributed by atoms with Crippen molar-refractivity contribution < 1.29 is 53.1 Å². The van der Waals surface area contributed by atoms with E-state index in [1.807, 2.05) is 0 Å². The number of ether oxygens (including phenoxy) is 5. The number of unbranched alkanes of at least 4 members (excludes halogenated alkanes) is 1. The molecule has 0 bridgehead atoms. The number of carbonyl (C=O) groups excluding carboxylic acids is 4. The Balaban J connectivity index is 0. The molecule has 0 aliphatic carbocycles. The second-order valence-electron chi connectivity index (χ2n) is 7.29. The van der Waals surface area contributed by atoms with Crippen LogP contribution in [0, 0.1) is 0 Å². The van der Waals surface area contributed by atoms with E-state index in [1.165, 1.54) is 27.7 Å². The van der Waals surface area contributed by atoms with E-state index in [2.05, 4.69) is 26.3 Å². The Bertz CT molecular complexity index is 662.